The molecule has 5 heterocycles. The third kappa shape index (κ3) is 4.90. The number of nitrogens with one attached hydrogen (secondary N) is 2. The first-order valence-electron chi connectivity index (χ1n) is 12.6. The highest BCUT2D eigenvalue weighted by atomic mass is 19.4. The highest BCUT2D eigenvalue weighted by Gasteiger charge is 2.49. The van der Waals surface area contributed by atoms with Crippen molar-refractivity contribution in [2.45, 2.75) is 45.3 Å². The predicted octanol–water partition coefficient (Wildman–Crippen LogP) is 5.65. The van der Waals surface area contributed by atoms with Crippen molar-refractivity contribution in [3.05, 3.63) is 88.1 Å². The Kier molecular flexibility index (Phi) is 6.29. The number of benzene rings is 1. The van der Waals surface area contributed by atoms with Gasteiger partial charge in [0.1, 0.15) is 11.6 Å². The number of aromatic nitrogens is 6. The average molecular weight is 570 g/mol. The molecule has 4 aromatic heterocycles. The van der Waals surface area contributed by atoms with E-state index in [0.29, 0.717) is 11.2 Å². The summed E-state index contributed by atoms with van der Waals surface area (Å²) in [5.74, 6) is -0.595. The molecule has 1 aliphatic rings. The van der Waals surface area contributed by atoms with E-state index in [2.05, 4.69) is 25.4 Å². The molecule has 2 unspecified atom stereocenters. The standard InChI is InChI=1S/C27H23F4N7O3/c1-13(2)37-21-19(7-9-33-24(21)36-26(37)39)40-18-5-4-15(11-17(18)28)35-25-22(41-25)16-12-34-38(23(16)27(29,30)31)20-10-14(3)6-8-32-20/h4-13,22,25,35H,1-3H3,(H,33,36,39). The maximum atomic E-state index is 15.1. The molecule has 2 N–H and O–H groups in total. The quantitative estimate of drug-likeness (QED) is 0.192. The molecule has 0 radical (unpaired) electrons. The molecule has 41 heavy (non-hydrogen) atoms. The van der Waals surface area contributed by atoms with Crippen molar-refractivity contribution in [3.63, 3.8) is 0 Å². The highest BCUT2D eigenvalue weighted by Crippen LogP contribution is 2.45. The number of anilines is 1. The van der Waals surface area contributed by atoms with E-state index in [-0.39, 0.29) is 40.3 Å². The zero-order valence-electron chi connectivity index (χ0n) is 21.9. The Bertz CT molecular complexity index is 1830. The van der Waals surface area contributed by atoms with Gasteiger partial charge in [0.05, 0.1) is 6.20 Å². The number of hydrogen-bond donors (Lipinski definition) is 2. The van der Waals surface area contributed by atoms with Gasteiger partial charge in [0.2, 0.25) is 0 Å². The van der Waals surface area contributed by atoms with Crippen LogP contribution in [0, 0.1) is 12.7 Å². The molecule has 0 saturated carbocycles. The normalized spacial score (nSPS) is 16.9. The van der Waals surface area contributed by atoms with Crippen LogP contribution in [0.3, 0.4) is 0 Å². The second kappa shape index (κ2) is 9.73. The second-order valence-electron chi connectivity index (χ2n) is 9.82. The van der Waals surface area contributed by atoms with Gasteiger partial charge in [-0.15, -0.1) is 0 Å². The summed E-state index contributed by atoms with van der Waals surface area (Å²) in [5, 5.41) is 6.82. The molecule has 10 nitrogen and oxygen atoms in total. The summed E-state index contributed by atoms with van der Waals surface area (Å²) in [6.45, 7) is 5.38. The Morgan fingerprint density at radius 3 is 2.59 bits per heavy atom. The molecular weight excluding hydrogens is 546 g/mol. The van der Waals surface area contributed by atoms with Crippen molar-refractivity contribution in [2.24, 2.45) is 0 Å². The number of nitrogens with zero attached hydrogens (tertiary/aromatic N) is 5. The molecule has 0 amide bonds. The van der Waals surface area contributed by atoms with Crippen LogP contribution in [0.2, 0.25) is 0 Å². The topological polar surface area (TPSA) is 115 Å². The summed E-state index contributed by atoms with van der Waals surface area (Å²) in [6.07, 6.45) is -2.59. The molecule has 0 spiro atoms. The van der Waals surface area contributed by atoms with Gasteiger partial charge in [-0.1, -0.05) is 0 Å². The third-order valence-electron chi connectivity index (χ3n) is 6.53. The number of imidazole rings is 1. The number of fused-ring (bicyclic) bond motifs is 1. The van der Waals surface area contributed by atoms with Crippen molar-refractivity contribution in [3.8, 4) is 17.3 Å². The summed E-state index contributed by atoms with van der Waals surface area (Å²) >= 11 is 0. The lowest BCUT2D eigenvalue weighted by molar-refractivity contribution is -0.143. The smallest absolute Gasteiger partial charge is 0.433 e. The van der Waals surface area contributed by atoms with Gasteiger partial charge in [-0.05, 0) is 50.6 Å². The largest absolute Gasteiger partial charge is 0.452 e. The molecule has 1 aromatic carbocycles. The lowest BCUT2D eigenvalue weighted by Crippen LogP contribution is -2.18. The molecular formula is C27H23F4N7O3. The summed E-state index contributed by atoms with van der Waals surface area (Å²) in [6, 6.07) is 8.50. The van der Waals surface area contributed by atoms with Gasteiger partial charge in [-0.2, -0.15) is 18.3 Å². The zero-order chi connectivity index (χ0) is 29.1. The SMILES string of the molecule is Cc1ccnc(-n2ncc(C3OC3Nc3ccc(Oc4ccnc5[nH]c(=O)n(C(C)C)c45)c(F)c3)c2C(F)(F)F)c1. The van der Waals surface area contributed by atoms with Crippen LogP contribution in [0.5, 0.6) is 11.5 Å². The predicted molar refractivity (Wildman–Crippen MR) is 140 cm³/mol. The van der Waals surface area contributed by atoms with E-state index in [4.69, 9.17) is 9.47 Å². The summed E-state index contributed by atoms with van der Waals surface area (Å²) in [5.41, 5.74) is 0.168. The van der Waals surface area contributed by atoms with E-state index in [1.807, 2.05) is 13.8 Å². The molecule has 1 aliphatic heterocycles. The van der Waals surface area contributed by atoms with Gasteiger partial charge in [-0.25, -0.2) is 23.8 Å². The lowest BCUT2D eigenvalue weighted by atomic mass is 10.1. The minimum atomic E-state index is -4.72. The van der Waals surface area contributed by atoms with Crippen LogP contribution >= 0.6 is 0 Å². The van der Waals surface area contributed by atoms with Gasteiger partial charge < -0.3 is 14.8 Å². The van der Waals surface area contributed by atoms with Crippen LogP contribution in [-0.2, 0) is 10.9 Å². The average Bonchev–Trinajstić information content (AvgIpc) is 3.34. The first kappa shape index (κ1) is 26.5. The van der Waals surface area contributed by atoms with Crippen molar-refractivity contribution in [1.82, 2.24) is 29.3 Å². The van der Waals surface area contributed by atoms with Crippen molar-refractivity contribution in [2.75, 3.05) is 5.32 Å². The Labute approximate surface area is 229 Å². The zero-order valence-corrected chi connectivity index (χ0v) is 21.9. The summed E-state index contributed by atoms with van der Waals surface area (Å²) < 4.78 is 70.7. The Morgan fingerprint density at radius 2 is 1.88 bits per heavy atom. The van der Waals surface area contributed by atoms with Gasteiger partial charge >= 0.3 is 11.9 Å². The summed E-state index contributed by atoms with van der Waals surface area (Å²) in [4.78, 5) is 23.2. The fourth-order valence-corrected chi connectivity index (χ4v) is 4.68. The molecule has 14 heteroatoms. The van der Waals surface area contributed by atoms with Gasteiger partial charge in [0.25, 0.3) is 0 Å². The number of pyridine rings is 2. The van der Waals surface area contributed by atoms with Crippen molar-refractivity contribution >= 4 is 16.9 Å². The first-order chi connectivity index (χ1) is 19.5. The Hall–Kier alpha value is -4.72. The molecule has 0 bridgehead atoms. The molecule has 1 saturated heterocycles. The van der Waals surface area contributed by atoms with Gasteiger partial charge in [-0.3, -0.25) is 9.55 Å². The molecule has 6 rings (SSSR count). The summed E-state index contributed by atoms with van der Waals surface area (Å²) in [7, 11) is 0. The van der Waals surface area contributed by atoms with E-state index in [1.54, 1.807) is 13.0 Å². The van der Waals surface area contributed by atoms with Crippen LogP contribution < -0.4 is 15.7 Å². The third-order valence-corrected chi connectivity index (χ3v) is 6.53. The van der Waals surface area contributed by atoms with E-state index < -0.39 is 30.0 Å². The van der Waals surface area contributed by atoms with Crippen molar-refractivity contribution < 1.29 is 27.0 Å². The Morgan fingerprint density at radius 1 is 1.10 bits per heavy atom. The number of ether oxygens (including phenoxy) is 2. The first-order valence-corrected chi connectivity index (χ1v) is 12.6. The molecule has 0 aliphatic carbocycles. The number of aromatic amines is 1. The van der Waals surface area contributed by atoms with Crippen LogP contribution in [0.15, 0.2) is 59.8 Å². The number of halogens is 4. The number of rotatable bonds is 7. The monoisotopic (exact) mass is 569 g/mol. The van der Waals surface area contributed by atoms with E-state index in [1.165, 1.54) is 41.2 Å². The molecule has 212 valence electrons. The molecule has 1 fully saturated rings. The van der Waals surface area contributed by atoms with E-state index >= 15 is 4.39 Å². The van der Waals surface area contributed by atoms with Gasteiger partial charge in [0, 0.05) is 41.8 Å². The molecule has 2 atom stereocenters. The van der Waals surface area contributed by atoms with Crippen LogP contribution in [-0.4, -0.2) is 35.5 Å². The lowest BCUT2D eigenvalue weighted by Gasteiger charge is -2.13. The minimum Gasteiger partial charge on any atom is -0.452 e. The number of epoxide rings is 1. The maximum absolute atomic E-state index is 15.1. The van der Waals surface area contributed by atoms with Crippen LogP contribution in [0.1, 0.15) is 42.8 Å². The number of H-pyrrole nitrogens is 1. The Balaban J connectivity index is 1.22. The van der Waals surface area contributed by atoms with Crippen LogP contribution in [0.4, 0.5) is 23.2 Å². The van der Waals surface area contributed by atoms with Crippen molar-refractivity contribution in [1.29, 1.82) is 0 Å². The minimum absolute atomic E-state index is 0.0305. The number of hydrogen-bond acceptors (Lipinski definition) is 7. The van der Waals surface area contributed by atoms with E-state index in [0.717, 1.165) is 22.5 Å². The molecule has 5 aromatic rings. The van der Waals surface area contributed by atoms with E-state index in [9.17, 15) is 18.0 Å². The number of aryl methyl sites for hydroxylation is 1. The maximum Gasteiger partial charge on any atom is 0.433 e. The van der Waals surface area contributed by atoms with Crippen LogP contribution in [0.25, 0.3) is 17.0 Å². The fourth-order valence-electron chi connectivity index (χ4n) is 4.68. The fraction of sp³-hybridized carbons (Fsp3) is 0.259. The highest BCUT2D eigenvalue weighted by molar-refractivity contribution is 5.78. The number of alkyl halides is 3. The second-order valence-corrected chi connectivity index (χ2v) is 9.82. The van der Waals surface area contributed by atoms with Gasteiger partial charge in [0.15, 0.2) is 40.7 Å².